The molecule has 30 heavy (non-hydrogen) atoms. The number of nitriles is 1. The Morgan fingerprint density at radius 3 is 2.87 bits per heavy atom. The molecule has 1 aliphatic carbocycles. The van der Waals surface area contributed by atoms with Gasteiger partial charge in [-0.15, -0.1) is 12.4 Å². The van der Waals surface area contributed by atoms with Gasteiger partial charge in [0.25, 0.3) is 0 Å². The standard InChI is InChI=1S/C21H25N7O.ClH/c1-24-20(29)14-4-3-7-28(12-14)19-17-5-2-6-18(17)26-21(27-19)25-16-9-13(11-22)8-15(23)10-16;/h8-10,14H,2-7,12,23H2,1H3,(H,24,29)(H,25,26,27);1H/t14-;/m1./s1. The molecule has 0 spiro atoms. The number of carbonyl (C=O) groups excluding carboxylic acids is 1. The fraction of sp³-hybridized carbons (Fsp3) is 0.429. The second-order valence-corrected chi connectivity index (χ2v) is 7.63. The Bertz CT molecular complexity index is 988. The van der Waals surface area contributed by atoms with E-state index < -0.39 is 0 Å². The average Bonchev–Trinajstić information content (AvgIpc) is 3.20. The number of nitrogen functional groups attached to an aromatic ring is 1. The van der Waals surface area contributed by atoms with Crippen molar-refractivity contribution in [3.05, 3.63) is 35.0 Å². The molecular weight excluding hydrogens is 402 g/mol. The molecule has 1 saturated heterocycles. The number of anilines is 4. The van der Waals surface area contributed by atoms with Crippen LogP contribution in [-0.2, 0) is 17.6 Å². The summed E-state index contributed by atoms with van der Waals surface area (Å²) in [4.78, 5) is 23.9. The van der Waals surface area contributed by atoms with Gasteiger partial charge in [-0.05, 0) is 50.3 Å². The van der Waals surface area contributed by atoms with Crippen LogP contribution in [0.2, 0.25) is 0 Å². The Hall–Kier alpha value is -3.05. The number of nitrogens with two attached hydrogens (primary N) is 1. The van der Waals surface area contributed by atoms with Crippen molar-refractivity contribution in [3.63, 3.8) is 0 Å². The molecule has 0 saturated carbocycles. The van der Waals surface area contributed by atoms with E-state index in [2.05, 4.69) is 21.6 Å². The normalized spacial score (nSPS) is 17.5. The predicted octanol–water partition coefficient (Wildman–Crippen LogP) is 2.55. The van der Waals surface area contributed by atoms with E-state index in [0.717, 1.165) is 50.2 Å². The number of benzene rings is 1. The van der Waals surface area contributed by atoms with Gasteiger partial charge in [0.1, 0.15) is 5.82 Å². The topological polar surface area (TPSA) is 120 Å². The molecule has 2 aliphatic rings. The van der Waals surface area contributed by atoms with Crippen molar-refractivity contribution >= 4 is 41.5 Å². The highest BCUT2D eigenvalue weighted by molar-refractivity contribution is 5.85. The van der Waals surface area contributed by atoms with Crippen molar-refractivity contribution in [2.24, 2.45) is 5.92 Å². The average molecular weight is 428 g/mol. The van der Waals surface area contributed by atoms with Crippen molar-refractivity contribution < 1.29 is 4.79 Å². The first kappa shape index (κ1) is 21.7. The maximum Gasteiger partial charge on any atom is 0.229 e. The minimum Gasteiger partial charge on any atom is -0.399 e. The summed E-state index contributed by atoms with van der Waals surface area (Å²) in [6.07, 6.45) is 4.80. The van der Waals surface area contributed by atoms with E-state index in [-0.39, 0.29) is 24.2 Å². The molecule has 0 radical (unpaired) electrons. The number of nitrogens with one attached hydrogen (secondary N) is 2. The van der Waals surface area contributed by atoms with Gasteiger partial charge in [-0.3, -0.25) is 4.79 Å². The zero-order valence-corrected chi connectivity index (χ0v) is 17.8. The van der Waals surface area contributed by atoms with Crippen LogP contribution in [-0.4, -0.2) is 36.0 Å². The molecule has 1 aromatic heterocycles. The highest BCUT2D eigenvalue weighted by Crippen LogP contribution is 2.33. The van der Waals surface area contributed by atoms with Crippen molar-refractivity contribution in [3.8, 4) is 6.07 Å². The lowest BCUT2D eigenvalue weighted by Gasteiger charge is -2.34. The fourth-order valence-corrected chi connectivity index (χ4v) is 4.24. The maximum absolute atomic E-state index is 12.2. The number of hydrogen-bond donors (Lipinski definition) is 3. The third-order valence-corrected chi connectivity index (χ3v) is 5.59. The lowest BCUT2D eigenvalue weighted by Crippen LogP contribution is -2.43. The number of nitrogens with zero attached hydrogens (tertiary/aromatic N) is 4. The zero-order chi connectivity index (χ0) is 20.4. The third kappa shape index (κ3) is 4.41. The molecule has 9 heteroatoms. The van der Waals surface area contributed by atoms with Gasteiger partial charge in [-0.25, -0.2) is 4.98 Å². The minimum atomic E-state index is -0.0238. The molecule has 2 heterocycles. The van der Waals surface area contributed by atoms with Crippen molar-refractivity contribution in [2.45, 2.75) is 32.1 Å². The minimum absolute atomic E-state index is 0. The number of rotatable bonds is 4. The molecule has 1 amide bonds. The van der Waals surface area contributed by atoms with Gasteiger partial charge in [0.05, 0.1) is 23.2 Å². The summed E-state index contributed by atoms with van der Waals surface area (Å²) in [6.45, 7) is 1.55. The van der Waals surface area contributed by atoms with E-state index in [1.54, 1.807) is 25.2 Å². The predicted molar refractivity (Wildman–Crippen MR) is 119 cm³/mol. The van der Waals surface area contributed by atoms with Crippen LogP contribution in [0.15, 0.2) is 18.2 Å². The molecule has 1 atom stereocenters. The lowest BCUT2D eigenvalue weighted by atomic mass is 9.97. The van der Waals surface area contributed by atoms with Crippen LogP contribution in [0.25, 0.3) is 0 Å². The molecule has 2 aromatic rings. The first-order valence-corrected chi connectivity index (χ1v) is 10.0. The van der Waals surface area contributed by atoms with Crippen LogP contribution >= 0.6 is 12.4 Å². The third-order valence-electron chi connectivity index (χ3n) is 5.59. The Morgan fingerprint density at radius 1 is 1.27 bits per heavy atom. The summed E-state index contributed by atoms with van der Waals surface area (Å²) in [5.41, 5.74) is 9.84. The van der Waals surface area contributed by atoms with E-state index in [1.807, 2.05) is 0 Å². The van der Waals surface area contributed by atoms with E-state index in [0.29, 0.717) is 29.4 Å². The van der Waals surface area contributed by atoms with Crippen molar-refractivity contribution in [2.75, 3.05) is 36.1 Å². The summed E-state index contributed by atoms with van der Waals surface area (Å²) in [5, 5.41) is 15.2. The maximum atomic E-state index is 12.2. The molecule has 0 bridgehead atoms. The number of aryl methyl sites for hydroxylation is 1. The Morgan fingerprint density at radius 2 is 2.10 bits per heavy atom. The first-order chi connectivity index (χ1) is 14.1. The van der Waals surface area contributed by atoms with E-state index in [4.69, 9.17) is 15.7 Å². The van der Waals surface area contributed by atoms with E-state index >= 15 is 0 Å². The monoisotopic (exact) mass is 427 g/mol. The number of carbonyl (C=O) groups is 1. The van der Waals surface area contributed by atoms with Gasteiger partial charge in [-0.2, -0.15) is 10.2 Å². The lowest BCUT2D eigenvalue weighted by molar-refractivity contribution is -0.124. The number of halogens is 1. The molecule has 1 fully saturated rings. The van der Waals surface area contributed by atoms with E-state index in [9.17, 15) is 10.1 Å². The number of fused-ring (bicyclic) bond motifs is 1. The summed E-state index contributed by atoms with van der Waals surface area (Å²) < 4.78 is 0. The van der Waals surface area contributed by atoms with Gasteiger partial charge in [0.15, 0.2) is 0 Å². The van der Waals surface area contributed by atoms with E-state index in [1.165, 1.54) is 5.56 Å². The summed E-state index contributed by atoms with van der Waals surface area (Å²) in [5.74, 6) is 1.48. The summed E-state index contributed by atoms with van der Waals surface area (Å²) >= 11 is 0. The molecule has 1 aliphatic heterocycles. The van der Waals surface area contributed by atoms with Gasteiger partial charge in [-0.1, -0.05) is 0 Å². The number of piperidine rings is 1. The molecule has 4 N–H and O–H groups in total. The number of aromatic nitrogens is 2. The van der Waals surface area contributed by atoms with Gasteiger partial charge >= 0.3 is 0 Å². The Labute approximate surface area is 182 Å². The Kier molecular flexibility index (Phi) is 6.63. The van der Waals surface area contributed by atoms with Gasteiger partial charge in [0.2, 0.25) is 11.9 Å². The van der Waals surface area contributed by atoms with Gasteiger partial charge in [0, 0.05) is 37.1 Å². The van der Waals surface area contributed by atoms with Crippen LogP contribution in [0, 0.1) is 17.2 Å². The second kappa shape index (κ2) is 9.18. The number of amides is 1. The van der Waals surface area contributed by atoms with Crippen LogP contribution in [0.1, 0.15) is 36.1 Å². The highest BCUT2D eigenvalue weighted by atomic mass is 35.5. The molecule has 1 aromatic carbocycles. The summed E-state index contributed by atoms with van der Waals surface area (Å²) in [6, 6.07) is 7.24. The number of hydrogen-bond acceptors (Lipinski definition) is 7. The fourth-order valence-electron chi connectivity index (χ4n) is 4.24. The molecule has 8 nitrogen and oxygen atoms in total. The zero-order valence-electron chi connectivity index (χ0n) is 16.9. The van der Waals surface area contributed by atoms with Crippen LogP contribution in [0.3, 0.4) is 0 Å². The molecule has 4 rings (SSSR count). The quantitative estimate of drug-likeness (QED) is 0.641. The SMILES string of the molecule is CNC(=O)[C@@H]1CCCN(c2nc(Nc3cc(N)cc(C#N)c3)nc3c2CCC3)C1.Cl. The molecule has 158 valence electrons. The van der Waals surface area contributed by atoms with Crippen LogP contribution in [0.4, 0.5) is 23.1 Å². The van der Waals surface area contributed by atoms with Crippen LogP contribution < -0.4 is 21.3 Å². The van der Waals surface area contributed by atoms with Crippen molar-refractivity contribution in [1.29, 1.82) is 5.26 Å². The van der Waals surface area contributed by atoms with Gasteiger partial charge < -0.3 is 21.3 Å². The van der Waals surface area contributed by atoms with Crippen molar-refractivity contribution in [1.82, 2.24) is 15.3 Å². The second-order valence-electron chi connectivity index (χ2n) is 7.63. The molecule has 0 unspecified atom stereocenters. The Balaban J connectivity index is 0.00000256. The smallest absolute Gasteiger partial charge is 0.229 e. The van der Waals surface area contributed by atoms with Crippen LogP contribution in [0.5, 0.6) is 0 Å². The largest absolute Gasteiger partial charge is 0.399 e. The highest BCUT2D eigenvalue weighted by Gasteiger charge is 2.29. The molecular formula is C21H26ClN7O. The first-order valence-electron chi connectivity index (χ1n) is 10.0. The summed E-state index contributed by atoms with van der Waals surface area (Å²) in [7, 11) is 1.69.